The van der Waals surface area contributed by atoms with Gasteiger partial charge in [-0.25, -0.2) is 0 Å². The maximum Gasteiger partial charge on any atom is 0.289 e. The third kappa shape index (κ3) is 3.11. The highest BCUT2D eigenvalue weighted by molar-refractivity contribution is 5.95. The zero-order chi connectivity index (χ0) is 15.6. The van der Waals surface area contributed by atoms with Crippen LogP contribution in [0, 0.1) is 5.92 Å². The van der Waals surface area contributed by atoms with Crippen LogP contribution in [0.4, 0.5) is 0 Å². The summed E-state index contributed by atoms with van der Waals surface area (Å²) in [5.41, 5.74) is 0.727. The zero-order valence-electron chi connectivity index (χ0n) is 13.4. The molecule has 0 bridgehead atoms. The molecule has 2 fully saturated rings. The summed E-state index contributed by atoms with van der Waals surface area (Å²) in [5, 5.41) is 0.886. The van der Waals surface area contributed by atoms with Crippen molar-refractivity contribution in [2.75, 3.05) is 32.7 Å². The van der Waals surface area contributed by atoms with E-state index < -0.39 is 0 Å². The number of amides is 1. The summed E-state index contributed by atoms with van der Waals surface area (Å²) in [6, 6.07) is 3.61. The number of furan rings is 1. The minimum atomic E-state index is 0.00620. The van der Waals surface area contributed by atoms with Gasteiger partial charge in [-0.2, -0.15) is 0 Å². The van der Waals surface area contributed by atoms with Crippen molar-refractivity contribution in [3.8, 4) is 0 Å². The van der Waals surface area contributed by atoms with Gasteiger partial charge in [-0.15, -0.1) is 0 Å². The van der Waals surface area contributed by atoms with Gasteiger partial charge >= 0.3 is 0 Å². The summed E-state index contributed by atoms with van der Waals surface area (Å²) in [7, 11) is 0. The van der Waals surface area contributed by atoms with Gasteiger partial charge in [0.1, 0.15) is 5.58 Å². The van der Waals surface area contributed by atoms with E-state index in [4.69, 9.17) is 4.42 Å². The summed E-state index contributed by atoms with van der Waals surface area (Å²) in [6.07, 6.45) is 8.62. The van der Waals surface area contributed by atoms with Crippen LogP contribution in [0.25, 0.3) is 11.0 Å². The highest BCUT2D eigenvalue weighted by Gasteiger charge is 2.25. The Kier molecular flexibility index (Phi) is 4.04. The van der Waals surface area contributed by atoms with E-state index in [1.54, 1.807) is 18.5 Å². The maximum absolute atomic E-state index is 12.7. The topological polar surface area (TPSA) is 49.6 Å². The number of hydrogen-bond donors (Lipinski definition) is 0. The molecule has 0 N–H and O–H groups in total. The first-order valence-electron chi connectivity index (χ1n) is 8.65. The van der Waals surface area contributed by atoms with Gasteiger partial charge in [0.25, 0.3) is 5.91 Å². The Labute approximate surface area is 136 Å². The number of pyridine rings is 1. The van der Waals surface area contributed by atoms with Crippen molar-refractivity contribution in [2.45, 2.75) is 25.7 Å². The van der Waals surface area contributed by atoms with Gasteiger partial charge in [-0.1, -0.05) is 6.42 Å². The molecule has 5 heteroatoms. The molecule has 1 aliphatic carbocycles. The molecule has 5 nitrogen and oxygen atoms in total. The number of rotatable bonds is 3. The highest BCUT2D eigenvalue weighted by Crippen LogP contribution is 2.27. The van der Waals surface area contributed by atoms with E-state index in [1.165, 1.54) is 25.8 Å². The lowest BCUT2D eigenvalue weighted by atomic mass is 9.85. The third-order valence-corrected chi connectivity index (χ3v) is 5.14. The Balaban J connectivity index is 1.41. The fourth-order valence-corrected chi connectivity index (χ4v) is 3.54. The summed E-state index contributed by atoms with van der Waals surface area (Å²) in [5.74, 6) is 1.33. The minimum Gasteiger partial charge on any atom is -0.451 e. The molecule has 1 aliphatic heterocycles. The van der Waals surface area contributed by atoms with E-state index in [9.17, 15) is 4.79 Å². The molecule has 0 radical (unpaired) electrons. The van der Waals surface area contributed by atoms with Gasteiger partial charge in [0.05, 0.1) is 0 Å². The number of carbonyl (C=O) groups excluding carboxylic acids is 1. The van der Waals surface area contributed by atoms with Gasteiger partial charge in [0.15, 0.2) is 5.76 Å². The number of aromatic nitrogens is 1. The summed E-state index contributed by atoms with van der Waals surface area (Å²) in [4.78, 5) is 21.2. The Morgan fingerprint density at radius 3 is 2.91 bits per heavy atom. The Hall–Kier alpha value is -1.88. The number of hydrogen-bond acceptors (Lipinski definition) is 4. The first kappa shape index (κ1) is 14.7. The lowest BCUT2D eigenvalue weighted by molar-refractivity contribution is 0.0729. The highest BCUT2D eigenvalue weighted by atomic mass is 16.3. The second kappa shape index (κ2) is 6.32. The lowest BCUT2D eigenvalue weighted by Crippen LogP contribution is -2.37. The summed E-state index contributed by atoms with van der Waals surface area (Å²) >= 11 is 0. The second-order valence-electron chi connectivity index (χ2n) is 6.77. The molecule has 1 saturated heterocycles. The molecule has 23 heavy (non-hydrogen) atoms. The predicted molar refractivity (Wildman–Crippen MR) is 88.3 cm³/mol. The Bertz CT molecular complexity index is 659. The fourth-order valence-electron chi connectivity index (χ4n) is 3.54. The molecule has 0 aromatic carbocycles. The fraction of sp³-hybridized carbons (Fsp3) is 0.556. The van der Waals surface area contributed by atoms with Gasteiger partial charge < -0.3 is 14.2 Å². The van der Waals surface area contributed by atoms with Crippen LogP contribution in [-0.4, -0.2) is 53.4 Å². The quantitative estimate of drug-likeness (QED) is 0.874. The van der Waals surface area contributed by atoms with Crippen LogP contribution >= 0.6 is 0 Å². The van der Waals surface area contributed by atoms with Crippen LogP contribution in [0.2, 0.25) is 0 Å². The van der Waals surface area contributed by atoms with E-state index in [1.807, 2.05) is 11.0 Å². The first-order chi connectivity index (χ1) is 11.3. The molecule has 0 spiro atoms. The second-order valence-corrected chi connectivity index (χ2v) is 6.77. The van der Waals surface area contributed by atoms with Crippen LogP contribution in [0.3, 0.4) is 0 Å². The molecule has 4 rings (SSSR count). The molecule has 0 unspecified atom stereocenters. The smallest absolute Gasteiger partial charge is 0.289 e. The molecule has 3 heterocycles. The average Bonchev–Trinajstić information content (AvgIpc) is 2.82. The van der Waals surface area contributed by atoms with Crippen LogP contribution in [0.5, 0.6) is 0 Å². The van der Waals surface area contributed by atoms with Gasteiger partial charge in [-0.05, 0) is 43.9 Å². The summed E-state index contributed by atoms with van der Waals surface area (Å²) < 4.78 is 5.70. The van der Waals surface area contributed by atoms with Crippen molar-refractivity contribution < 1.29 is 9.21 Å². The van der Waals surface area contributed by atoms with Crippen molar-refractivity contribution >= 4 is 16.9 Å². The van der Waals surface area contributed by atoms with E-state index in [-0.39, 0.29) is 5.91 Å². The monoisotopic (exact) mass is 313 g/mol. The Morgan fingerprint density at radius 1 is 1.22 bits per heavy atom. The van der Waals surface area contributed by atoms with Crippen LogP contribution in [0.1, 0.15) is 36.2 Å². The molecule has 2 aliphatic rings. The third-order valence-electron chi connectivity index (χ3n) is 5.14. The first-order valence-corrected chi connectivity index (χ1v) is 8.65. The molecule has 1 saturated carbocycles. The van der Waals surface area contributed by atoms with Crippen molar-refractivity contribution in [1.82, 2.24) is 14.8 Å². The van der Waals surface area contributed by atoms with Crippen LogP contribution in [-0.2, 0) is 0 Å². The number of nitrogens with zero attached hydrogens (tertiary/aromatic N) is 3. The Morgan fingerprint density at radius 2 is 2.13 bits per heavy atom. The molecule has 2 aromatic rings. The van der Waals surface area contributed by atoms with Crippen LogP contribution in [0.15, 0.2) is 28.9 Å². The van der Waals surface area contributed by atoms with E-state index in [0.29, 0.717) is 5.76 Å². The van der Waals surface area contributed by atoms with Gasteiger partial charge in [0.2, 0.25) is 0 Å². The molecule has 122 valence electrons. The maximum atomic E-state index is 12.7. The van der Waals surface area contributed by atoms with Crippen molar-refractivity contribution in [2.24, 2.45) is 5.92 Å². The van der Waals surface area contributed by atoms with Gasteiger partial charge in [0, 0.05) is 44.0 Å². The zero-order valence-corrected chi connectivity index (χ0v) is 13.4. The average molecular weight is 313 g/mol. The van der Waals surface area contributed by atoms with Crippen molar-refractivity contribution in [3.63, 3.8) is 0 Å². The van der Waals surface area contributed by atoms with Gasteiger partial charge in [-0.3, -0.25) is 9.78 Å². The summed E-state index contributed by atoms with van der Waals surface area (Å²) in [6.45, 7) is 4.89. The predicted octanol–water partition coefficient (Wildman–Crippen LogP) is 2.78. The normalized spacial score (nSPS) is 20.4. The largest absolute Gasteiger partial charge is 0.451 e. The SMILES string of the molecule is O=C(c1cc2cnccc2o1)N1CCCN(CC2CCC2)CC1. The van der Waals surface area contributed by atoms with Crippen molar-refractivity contribution in [1.29, 1.82) is 0 Å². The molecule has 2 aromatic heterocycles. The number of carbonyl (C=O) groups is 1. The molecular formula is C18H23N3O2. The minimum absolute atomic E-state index is 0.00620. The van der Waals surface area contributed by atoms with Crippen LogP contribution < -0.4 is 0 Å². The number of fused-ring (bicyclic) bond motifs is 1. The standard InChI is InChI=1S/C18H23N3O2/c22-18(17-11-15-12-19-6-5-16(15)23-17)21-8-2-7-20(9-10-21)13-14-3-1-4-14/h5-6,11-12,14H,1-4,7-10,13H2. The van der Waals surface area contributed by atoms with E-state index in [0.717, 1.165) is 49.5 Å². The van der Waals surface area contributed by atoms with E-state index in [2.05, 4.69) is 9.88 Å². The molecular weight excluding hydrogens is 290 g/mol. The van der Waals surface area contributed by atoms with E-state index >= 15 is 0 Å². The lowest BCUT2D eigenvalue weighted by Gasteiger charge is -2.31. The molecule has 0 atom stereocenters. The van der Waals surface area contributed by atoms with Crippen molar-refractivity contribution in [3.05, 3.63) is 30.3 Å². The molecule has 1 amide bonds.